The van der Waals surface area contributed by atoms with Crippen molar-refractivity contribution in [3.63, 3.8) is 0 Å². The third-order valence-corrected chi connectivity index (χ3v) is 3.54. The van der Waals surface area contributed by atoms with Gasteiger partial charge in [0.05, 0.1) is 11.8 Å². The van der Waals surface area contributed by atoms with Crippen LogP contribution in [-0.4, -0.2) is 17.5 Å². The molecule has 4 nitrogen and oxygen atoms in total. The lowest BCUT2D eigenvalue weighted by Crippen LogP contribution is -2.32. The molecule has 0 aromatic heterocycles. The summed E-state index contributed by atoms with van der Waals surface area (Å²) in [5.41, 5.74) is 1.58. The van der Waals surface area contributed by atoms with E-state index in [2.05, 4.69) is 17.2 Å². The largest absolute Gasteiger partial charge is 0.313 e. The Morgan fingerprint density at radius 3 is 2.71 bits per heavy atom. The molecule has 1 saturated heterocycles. The first kappa shape index (κ1) is 12.0. The minimum Gasteiger partial charge on any atom is -0.313 e. The number of hydrogen-bond acceptors (Lipinski definition) is 3. The Labute approximate surface area is 101 Å². The number of hydrogen-bond donors (Lipinski definition) is 1. The molecule has 2 aliphatic heterocycles. The van der Waals surface area contributed by atoms with E-state index in [-0.39, 0.29) is 23.5 Å². The highest BCUT2D eigenvalue weighted by molar-refractivity contribution is 6.22. The maximum atomic E-state index is 12.3. The fraction of sp³-hybridized carbons (Fsp3) is 0.615. The molecule has 4 heteroatoms. The SMILES string of the molecule is CCCCC1=C(C)N=C2NC(=O)[C@H](C)[C@H]2C1=O. The standard InChI is InChI=1S/C13H18N2O2/c1-4-5-6-9-8(3)14-12-10(11(9)16)7(2)13(17)15-12/h7,10H,4-6H2,1-3H3,(H,14,15,17)/t7-,10+/m1/s1. The van der Waals surface area contributed by atoms with E-state index in [4.69, 9.17) is 0 Å². The van der Waals surface area contributed by atoms with Crippen molar-refractivity contribution in [2.24, 2.45) is 16.8 Å². The molecule has 2 aliphatic rings. The number of amides is 1. The summed E-state index contributed by atoms with van der Waals surface area (Å²) in [6.45, 7) is 5.74. The third-order valence-electron chi connectivity index (χ3n) is 3.54. The Morgan fingerprint density at radius 2 is 2.06 bits per heavy atom. The van der Waals surface area contributed by atoms with E-state index in [0.29, 0.717) is 5.84 Å². The number of nitrogens with zero attached hydrogens (tertiary/aromatic N) is 1. The number of unbranched alkanes of at least 4 members (excludes halogenated alkanes) is 1. The summed E-state index contributed by atoms with van der Waals surface area (Å²) in [5, 5.41) is 2.70. The molecule has 92 valence electrons. The molecule has 0 aliphatic carbocycles. The Morgan fingerprint density at radius 1 is 1.35 bits per heavy atom. The fourth-order valence-electron chi connectivity index (χ4n) is 2.43. The van der Waals surface area contributed by atoms with Gasteiger partial charge in [0.2, 0.25) is 5.91 Å². The highest BCUT2D eigenvalue weighted by Crippen LogP contribution is 2.31. The summed E-state index contributed by atoms with van der Waals surface area (Å²) in [4.78, 5) is 28.3. The third kappa shape index (κ3) is 1.92. The number of Topliss-reactive ketones (excluding diaryl/α,β-unsaturated/α-hetero) is 1. The van der Waals surface area contributed by atoms with E-state index in [1.807, 2.05) is 6.92 Å². The van der Waals surface area contributed by atoms with Gasteiger partial charge in [0.1, 0.15) is 5.84 Å². The normalized spacial score (nSPS) is 28.1. The predicted octanol–water partition coefficient (Wildman–Crippen LogP) is 1.81. The Bertz CT molecular complexity index is 435. The number of rotatable bonds is 3. The van der Waals surface area contributed by atoms with Crippen LogP contribution in [0.1, 0.15) is 40.0 Å². The van der Waals surface area contributed by atoms with Crippen LogP contribution in [0.5, 0.6) is 0 Å². The van der Waals surface area contributed by atoms with Gasteiger partial charge >= 0.3 is 0 Å². The van der Waals surface area contributed by atoms with Gasteiger partial charge in [-0.3, -0.25) is 9.59 Å². The molecule has 1 fully saturated rings. The van der Waals surface area contributed by atoms with Crippen LogP contribution in [0.4, 0.5) is 0 Å². The molecule has 0 unspecified atom stereocenters. The van der Waals surface area contributed by atoms with Crippen LogP contribution >= 0.6 is 0 Å². The van der Waals surface area contributed by atoms with Gasteiger partial charge in [0.15, 0.2) is 5.78 Å². The minimum atomic E-state index is -0.363. The Hall–Kier alpha value is -1.45. The molecule has 0 aromatic carbocycles. The zero-order chi connectivity index (χ0) is 12.6. The van der Waals surface area contributed by atoms with Crippen molar-refractivity contribution in [3.8, 4) is 0 Å². The first-order chi connectivity index (χ1) is 8.06. The molecule has 0 radical (unpaired) electrons. The topological polar surface area (TPSA) is 58.5 Å². The summed E-state index contributed by atoms with van der Waals surface area (Å²) in [7, 11) is 0. The van der Waals surface area contributed by atoms with Gasteiger partial charge in [-0.25, -0.2) is 4.99 Å². The highest BCUT2D eigenvalue weighted by atomic mass is 16.2. The fourth-order valence-corrected chi connectivity index (χ4v) is 2.43. The van der Waals surface area contributed by atoms with Gasteiger partial charge in [-0.2, -0.15) is 0 Å². The second-order valence-corrected chi connectivity index (χ2v) is 4.78. The lowest BCUT2D eigenvalue weighted by molar-refractivity contribution is -0.126. The maximum Gasteiger partial charge on any atom is 0.229 e. The van der Waals surface area contributed by atoms with Crippen LogP contribution in [0, 0.1) is 11.8 Å². The zero-order valence-electron chi connectivity index (χ0n) is 10.5. The average Bonchev–Trinajstić information content (AvgIpc) is 2.54. The molecule has 2 atom stereocenters. The van der Waals surface area contributed by atoms with Crippen molar-refractivity contribution < 1.29 is 9.59 Å². The number of allylic oxidation sites excluding steroid dienone is 2. The van der Waals surface area contributed by atoms with Crippen molar-refractivity contribution in [2.75, 3.05) is 0 Å². The van der Waals surface area contributed by atoms with Gasteiger partial charge in [0.25, 0.3) is 0 Å². The molecule has 0 aromatic rings. The molecule has 0 bridgehead atoms. The Kier molecular flexibility index (Phi) is 3.13. The summed E-state index contributed by atoms with van der Waals surface area (Å²) >= 11 is 0. The molecule has 1 N–H and O–H groups in total. The van der Waals surface area contributed by atoms with Crippen LogP contribution in [0.15, 0.2) is 16.3 Å². The molecule has 0 spiro atoms. The summed E-state index contributed by atoms with van der Waals surface area (Å²) in [5.74, 6) is -0.104. The minimum absolute atomic E-state index is 0.0896. The van der Waals surface area contributed by atoms with Gasteiger partial charge in [-0.15, -0.1) is 0 Å². The number of carbonyl (C=O) groups is 2. The van der Waals surface area contributed by atoms with Crippen molar-refractivity contribution >= 4 is 17.5 Å². The number of amidine groups is 1. The van der Waals surface area contributed by atoms with Crippen LogP contribution in [-0.2, 0) is 9.59 Å². The molecular weight excluding hydrogens is 216 g/mol. The second-order valence-electron chi connectivity index (χ2n) is 4.78. The van der Waals surface area contributed by atoms with Crippen molar-refractivity contribution in [1.29, 1.82) is 0 Å². The van der Waals surface area contributed by atoms with Crippen molar-refractivity contribution in [3.05, 3.63) is 11.3 Å². The molecule has 2 heterocycles. The quantitative estimate of drug-likeness (QED) is 0.809. The number of aliphatic imine (C=N–C) groups is 1. The van der Waals surface area contributed by atoms with E-state index in [0.717, 1.165) is 30.5 Å². The maximum absolute atomic E-state index is 12.3. The average molecular weight is 234 g/mol. The van der Waals surface area contributed by atoms with Gasteiger partial charge in [-0.1, -0.05) is 20.3 Å². The highest BCUT2D eigenvalue weighted by Gasteiger charge is 2.44. The first-order valence-corrected chi connectivity index (χ1v) is 6.19. The van der Waals surface area contributed by atoms with E-state index in [9.17, 15) is 9.59 Å². The lowest BCUT2D eigenvalue weighted by atomic mass is 9.84. The van der Waals surface area contributed by atoms with Gasteiger partial charge in [-0.05, 0) is 19.8 Å². The van der Waals surface area contributed by atoms with E-state index in [1.54, 1.807) is 6.92 Å². The van der Waals surface area contributed by atoms with E-state index in [1.165, 1.54) is 0 Å². The first-order valence-electron chi connectivity index (χ1n) is 6.19. The molecule has 0 saturated carbocycles. The summed E-state index contributed by atoms with van der Waals surface area (Å²) < 4.78 is 0. The van der Waals surface area contributed by atoms with Crippen LogP contribution in [0.3, 0.4) is 0 Å². The van der Waals surface area contributed by atoms with Crippen molar-refractivity contribution in [2.45, 2.75) is 40.0 Å². The molecule has 2 rings (SSSR count). The van der Waals surface area contributed by atoms with E-state index < -0.39 is 0 Å². The van der Waals surface area contributed by atoms with Crippen LogP contribution < -0.4 is 5.32 Å². The number of carbonyl (C=O) groups excluding carboxylic acids is 2. The number of nitrogens with one attached hydrogen (secondary N) is 1. The summed E-state index contributed by atoms with van der Waals surface area (Å²) in [6.07, 6.45) is 2.82. The zero-order valence-corrected chi connectivity index (χ0v) is 10.5. The predicted molar refractivity (Wildman–Crippen MR) is 65.5 cm³/mol. The monoisotopic (exact) mass is 234 g/mol. The summed E-state index contributed by atoms with van der Waals surface area (Å²) in [6, 6.07) is 0. The van der Waals surface area contributed by atoms with E-state index >= 15 is 0 Å². The molecular formula is C13H18N2O2. The second kappa shape index (κ2) is 4.43. The smallest absolute Gasteiger partial charge is 0.229 e. The molecule has 17 heavy (non-hydrogen) atoms. The van der Waals surface area contributed by atoms with Crippen LogP contribution in [0.25, 0.3) is 0 Å². The number of fused-ring (bicyclic) bond motifs is 1. The van der Waals surface area contributed by atoms with Gasteiger partial charge < -0.3 is 5.32 Å². The lowest BCUT2D eigenvalue weighted by Gasteiger charge is -2.20. The van der Waals surface area contributed by atoms with Crippen LogP contribution in [0.2, 0.25) is 0 Å². The Balaban J connectivity index is 2.30. The number of ketones is 1. The molecule has 1 amide bonds. The van der Waals surface area contributed by atoms with Gasteiger partial charge in [0, 0.05) is 11.3 Å². The van der Waals surface area contributed by atoms with Crippen molar-refractivity contribution in [1.82, 2.24) is 5.32 Å².